The molecule has 6 nitrogen and oxygen atoms in total. The second-order valence-electron chi connectivity index (χ2n) is 8.10. The van der Waals surface area contributed by atoms with E-state index >= 15 is 0 Å². The van der Waals surface area contributed by atoms with E-state index in [0.717, 1.165) is 61.2 Å². The highest BCUT2D eigenvalue weighted by Crippen LogP contribution is 2.25. The zero-order valence-corrected chi connectivity index (χ0v) is 20.7. The van der Waals surface area contributed by atoms with E-state index in [1.165, 1.54) is 0 Å². The molecule has 0 atom stereocenters. The molecule has 190 valence electrons. The lowest BCUT2D eigenvalue weighted by Gasteiger charge is -2.09. The number of ether oxygens (including phenoxy) is 4. The zero-order valence-electron chi connectivity index (χ0n) is 20.7. The first-order valence-corrected chi connectivity index (χ1v) is 12.3. The number of hydrogen-bond donors (Lipinski definition) is 0. The van der Waals surface area contributed by atoms with Crippen molar-refractivity contribution in [1.29, 1.82) is 0 Å². The molecular formula is C30H34O6. The Labute approximate surface area is 214 Å². The van der Waals surface area contributed by atoms with Gasteiger partial charge in [-0.1, -0.05) is 36.1 Å². The molecule has 0 bridgehead atoms. The summed E-state index contributed by atoms with van der Waals surface area (Å²) >= 11 is 0. The van der Waals surface area contributed by atoms with Crippen LogP contribution in [0, 0.1) is 24.7 Å². The van der Waals surface area contributed by atoms with Crippen LogP contribution in [0.5, 0.6) is 11.5 Å². The van der Waals surface area contributed by atoms with Gasteiger partial charge in [0.05, 0.1) is 13.2 Å². The minimum Gasteiger partial charge on any atom is -0.494 e. The summed E-state index contributed by atoms with van der Waals surface area (Å²) in [6.07, 6.45) is 15.9. The number of unbranched alkanes of at least 4 members (excludes halogenated alkanes) is 4. The van der Waals surface area contributed by atoms with Gasteiger partial charge in [-0.15, -0.1) is 12.8 Å². The number of benzene rings is 2. The molecular weight excluding hydrogens is 456 g/mol. The number of esters is 2. The van der Waals surface area contributed by atoms with Crippen molar-refractivity contribution in [2.45, 2.75) is 51.4 Å². The molecule has 2 aromatic carbocycles. The van der Waals surface area contributed by atoms with Gasteiger partial charge in [0.15, 0.2) is 13.2 Å². The van der Waals surface area contributed by atoms with Crippen LogP contribution in [0.3, 0.4) is 0 Å². The number of terminal acetylenes is 2. The molecule has 36 heavy (non-hydrogen) atoms. The average molecular weight is 491 g/mol. The zero-order chi connectivity index (χ0) is 25.8. The van der Waals surface area contributed by atoms with Crippen LogP contribution in [0.1, 0.15) is 51.4 Å². The summed E-state index contributed by atoms with van der Waals surface area (Å²) in [7, 11) is 0. The van der Waals surface area contributed by atoms with Crippen LogP contribution in [0.25, 0.3) is 11.1 Å². The summed E-state index contributed by atoms with van der Waals surface area (Å²) in [6.45, 7) is 1.26. The highest BCUT2D eigenvalue weighted by Gasteiger charge is 2.04. The lowest BCUT2D eigenvalue weighted by Crippen LogP contribution is -2.04. The lowest BCUT2D eigenvalue weighted by atomic mass is 10.1. The fourth-order valence-electron chi connectivity index (χ4n) is 3.35. The first kappa shape index (κ1) is 28.3. The smallest absolute Gasteiger partial charge is 0.306 e. The molecule has 0 amide bonds. The van der Waals surface area contributed by atoms with Gasteiger partial charge in [-0.3, -0.25) is 9.59 Å². The molecule has 2 rings (SSSR count). The van der Waals surface area contributed by atoms with E-state index in [0.29, 0.717) is 26.1 Å². The van der Waals surface area contributed by atoms with E-state index in [-0.39, 0.29) is 25.2 Å². The molecule has 0 N–H and O–H groups in total. The van der Waals surface area contributed by atoms with E-state index < -0.39 is 0 Å². The Morgan fingerprint density at radius 3 is 1.33 bits per heavy atom. The maximum absolute atomic E-state index is 11.4. The largest absolute Gasteiger partial charge is 0.494 e. The molecule has 0 saturated carbocycles. The molecule has 0 unspecified atom stereocenters. The highest BCUT2D eigenvalue weighted by molar-refractivity contribution is 5.69. The SMILES string of the molecule is C#CCOC(=O)CCCCCOc1ccc(-c2ccc(OCCCCCC(=O)OCC#C)cc2)cc1. The molecule has 6 heteroatoms. The average Bonchev–Trinajstić information content (AvgIpc) is 2.91. The lowest BCUT2D eigenvalue weighted by molar-refractivity contribution is -0.143. The van der Waals surface area contributed by atoms with E-state index in [1.54, 1.807) is 0 Å². The Balaban J connectivity index is 1.61. The number of carbonyl (C=O) groups excluding carboxylic acids is 2. The van der Waals surface area contributed by atoms with Gasteiger partial charge in [0.2, 0.25) is 0 Å². The van der Waals surface area contributed by atoms with Gasteiger partial charge in [-0.25, -0.2) is 0 Å². The van der Waals surface area contributed by atoms with Crippen LogP contribution >= 0.6 is 0 Å². The minimum absolute atomic E-state index is 0.0346. The van der Waals surface area contributed by atoms with Crippen molar-refractivity contribution in [2.75, 3.05) is 26.4 Å². The molecule has 0 radical (unpaired) electrons. The van der Waals surface area contributed by atoms with Crippen molar-refractivity contribution in [1.82, 2.24) is 0 Å². The highest BCUT2D eigenvalue weighted by atomic mass is 16.5. The van der Waals surface area contributed by atoms with Crippen molar-refractivity contribution >= 4 is 11.9 Å². The third-order valence-electron chi connectivity index (χ3n) is 5.26. The molecule has 0 aliphatic rings. The van der Waals surface area contributed by atoms with Crippen molar-refractivity contribution in [3.8, 4) is 47.3 Å². The van der Waals surface area contributed by atoms with Crippen molar-refractivity contribution < 1.29 is 28.5 Å². The van der Waals surface area contributed by atoms with E-state index in [2.05, 4.69) is 11.8 Å². The molecule has 0 aliphatic carbocycles. The quantitative estimate of drug-likeness (QED) is 0.164. The predicted octanol–water partition coefficient (Wildman–Crippen LogP) is 5.58. The summed E-state index contributed by atoms with van der Waals surface area (Å²) in [5.74, 6) is 5.69. The summed E-state index contributed by atoms with van der Waals surface area (Å²) in [6, 6.07) is 15.9. The summed E-state index contributed by atoms with van der Waals surface area (Å²) in [5, 5.41) is 0. The first-order valence-electron chi connectivity index (χ1n) is 12.3. The standard InChI is InChI=1S/C30H34O6/c1-3-21-35-29(31)11-7-5-9-23-33-27-17-13-25(14-18-27)26-15-19-28(20-16-26)34-24-10-6-8-12-30(32)36-22-4-2/h1-2,13-20H,5-12,21-24H2. The predicted molar refractivity (Wildman–Crippen MR) is 139 cm³/mol. The van der Waals surface area contributed by atoms with Gasteiger partial charge in [0.25, 0.3) is 0 Å². The number of carbonyl (C=O) groups is 2. The van der Waals surface area contributed by atoms with Gasteiger partial charge in [0, 0.05) is 12.8 Å². The molecule has 0 fully saturated rings. The van der Waals surface area contributed by atoms with E-state index in [4.69, 9.17) is 31.8 Å². The van der Waals surface area contributed by atoms with Crippen LogP contribution in [0.4, 0.5) is 0 Å². The first-order chi connectivity index (χ1) is 17.6. The van der Waals surface area contributed by atoms with Crippen molar-refractivity contribution in [3.05, 3.63) is 48.5 Å². The summed E-state index contributed by atoms with van der Waals surface area (Å²) in [5.41, 5.74) is 2.19. The number of hydrogen-bond acceptors (Lipinski definition) is 6. The second-order valence-corrected chi connectivity index (χ2v) is 8.10. The molecule has 2 aromatic rings. The third-order valence-corrected chi connectivity index (χ3v) is 5.26. The Bertz CT molecular complexity index is 912. The number of rotatable bonds is 17. The monoisotopic (exact) mass is 490 g/mol. The van der Waals surface area contributed by atoms with Crippen molar-refractivity contribution in [3.63, 3.8) is 0 Å². The van der Waals surface area contributed by atoms with E-state index in [9.17, 15) is 9.59 Å². The van der Waals surface area contributed by atoms with Crippen LogP contribution in [-0.2, 0) is 19.1 Å². The molecule has 0 aromatic heterocycles. The van der Waals surface area contributed by atoms with Gasteiger partial charge in [-0.05, 0) is 73.9 Å². The van der Waals surface area contributed by atoms with E-state index in [1.807, 2.05) is 48.5 Å². The molecule has 0 saturated heterocycles. The summed E-state index contributed by atoms with van der Waals surface area (Å²) in [4.78, 5) is 22.7. The van der Waals surface area contributed by atoms with Crippen LogP contribution in [0.15, 0.2) is 48.5 Å². The maximum Gasteiger partial charge on any atom is 0.306 e. The van der Waals surface area contributed by atoms with Crippen LogP contribution in [0.2, 0.25) is 0 Å². The van der Waals surface area contributed by atoms with Crippen LogP contribution in [-0.4, -0.2) is 38.4 Å². The Morgan fingerprint density at radius 2 is 0.972 bits per heavy atom. The van der Waals surface area contributed by atoms with Crippen LogP contribution < -0.4 is 9.47 Å². The molecule has 0 spiro atoms. The third kappa shape index (κ3) is 12.0. The van der Waals surface area contributed by atoms with Gasteiger partial charge in [-0.2, -0.15) is 0 Å². The normalized spacial score (nSPS) is 10.1. The van der Waals surface area contributed by atoms with Gasteiger partial charge in [0.1, 0.15) is 11.5 Å². The van der Waals surface area contributed by atoms with Gasteiger partial charge < -0.3 is 18.9 Å². The fraction of sp³-hybridized carbons (Fsp3) is 0.400. The summed E-state index contributed by atoms with van der Waals surface area (Å²) < 4.78 is 21.3. The Hall–Kier alpha value is -3.90. The Kier molecular flexibility index (Phi) is 13.8. The minimum atomic E-state index is -0.253. The molecule has 0 heterocycles. The molecule has 0 aliphatic heterocycles. The fourth-order valence-corrected chi connectivity index (χ4v) is 3.35. The van der Waals surface area contributed by atoms with Gasteiger partial charge >= 0.3 is 11.9 Å². The topological polar surface area (TPSA) is 71.1 Å². The van der Waals surface area contributed by atoms with Crippen molar-refractivity contribution in [2.24, 2.45) is 0 Å². The Morgan fingerprint density at radius 1 is 0.583 bits per heavy atom. The maximum atomic E-state index is 11.4. The second kappa shape index (κ2) is 17.5.